The van der Waals surface area contributed by atoms with Gasteiger partial charge in [-0.1, -0.05) is 18.2 Å². The number of ether oxygens (including phenoxy) is 1. The number of hydrogen-bond donors (Lipinski definition) is 1. The summed E-state index contributed by atoms with van der Waals surface area (Å²) in [7, 11) is 1.60. The molecular weight excluding hydrogens is 252 g/mol. The molecule has 1 unspecified atom stereocenters. The number of nitrogens with zero attached hydrogens (tertiary/aromatic N) is 2. The normalized spacial score (nSPS) is 12.8. The number of methoxy groups -OCH3 is 1. The van der Waals surface area contributed by atoms with Gasteiger partial charge in [-0.3, -0.25) is 4.68 Å². The molecule has 2 rings (SSSR count). The van der Waals surface area contributed by atoms with Gasteiger partial charge >= 0.3 is 0 Å². The molecule has 1 atom stereocenters. The lowest BCUT2D eigenvalue weighted by atomic mass is 9.95. The van der Waals surface area contributed by atoms with Crippen molar-refractivity contribution in [3.8, 4) is 5.75 Å². The third kappa shape index (κ3) is 2.43. The van der Waals surface area contributed by atoms with Crippen LogP contribution in [-0.2, 0) is 0 Å². The molecular formula is C16H22N2O2. The van der Waals surface area contributed by atoms with Crippen LogP contribution in [0.1, 0.15) is 48.4 Å². The maximum Gasteiger partial charge on any atom is 0.163 e. The van der Waals surface area contributed by atoms with Gasteiger partial charge in [0, 0.05) is 6.04 Å². The average molecular weight is 274 g/mol. The molecule has 0 saturated carbocycles. The molecule has 0 aliphatic carbocycles. The highest BCUT2D eigenvalue weighted by Crippen LogP contribution is 2.34. The Morgan fingerprint density at radius 1 is 1.20 bits per heavy atom. The Balaban J connectivity index is 2.58. The summed E-state index contributed by atoms with van der Waals surface area (Å²) in [5.74, 6) is 0.619. The van der Waals surface area contributed by atoms with Crippen molar-refractivity contribution < 1.29 is 9.84 Å². The van der Waals surface area contributed by atoms with Gasteiger partial charge in [-0.05, 0) is 44.4 Å². The van der Waals surface area contributed by atoms with Gasteiger partial charge in [-0.15, -0.1) is 0 Å². The zero-order valence-corrected chi connectivity index (χ0v) is 12.7. The molecule has 108 valence electrons. The van der Waals surface area contributed by atoms with Crippen LogP contribution in [0.4, 0.5) is 0 Å². The van der Waals surface area contributed by atoms with E-state index in [9.17, 15) is 5.11 Å². The first-order valence-electron chi connectivity index (χ1n) is 6.83. The van der Waals surface area contributed by atoms with Crippen LogP contribution >= 0.6 is 0 Å². The summed E-state index contributed by atoms with van der Waals surface area (Å²) in [4.78, 5) is 0. The van der Waals surface area contributed by atoms with Crippen molar-refractivity contribution >= 4 is 0 Å². The van der Waals surface area contributed by atoms with Crippen molar-refractivity contribution in [3.05, 3.63) is 46.8 Å². The topological polar surface area (TPSA) is 47.3 Å². The van der Waals surface area contributed by atoms with Crippen molar-refractivity contribution in [3.63, 3.8) is 0 Å². The van der Waals surface area contributed by atoms with E-state index in [2.05, 4.69) is 5.10 Å². The average Bonchev–Trinajstić information content (AvgIpc) is 2.82. The quantitative estimate of drug-likeness (QED) is 0.931. The number of aliphatic hydroxyl groups is 1. The van der Waals surface area contributed by atoms with Gasteiger partial charge in [0.25, 0.3) is 0 Å². The molecule has 4 heteroatoms. The summed E-state index contributed by atoms with van der Waals surface area (Å²) in [5.41, 5.74) is 3.76. The Kier molecular flexibility index (Phi) is 4.14. The third-order valence-corrected chi connectivity index (χ3v) is 3.58. The molecule has 0 bridgehead atoms. The lowest BCUT2D eigenvalue weighted by Gasteiger charge is -2.20. The molecule has 0 saturated heterocycles. The number of aryl methyl sites for hydroxylation is 2. The van der Waals surface area contributed by atoms with Crippen LogP contribution in [0.25, 0.3) is 0 Å². The van der Waals surface area contributed by atoms with Crippen molar-refractivity contribution in [1.82, 2.24) is 9.78 Å². The summed E-state index contributed by atoms with van der Waals surface area (Å²) in [5, 5.41) is 15.2. The first-order valence-corrected chi connectivity index (χ1v) is 6.83. The van der Waals surface area contributed by atoms with Crippen molar-refractivity contribution in [2.75, 3.05) is 7.11 Å². The second kappa shape index (κ2) is 5.67. The van der Waals surface area contributed by atoms with Crippen LogP contribution < -0.4 is 4.74 Å². The molecule has 0 spiro atoms. The minimum Gasteiger partial charge on any atom is -0.493 e. The monoisotopic (exact) mass is 274 g/mol. The van der Waals surface area contributed by atoms with E-state index < -0.39 is 6.10 Å². The Hall–Kier alpha value is -1.81. The summed E-state index contributed by atoms with van der Waals surface area (Å²) in [6.45, 7) is 8.09. The fourth-order valence-corrected chi connectivity index (χ4v) is 2.58. The van der Waals surface area contributed by atoms with Gasteiger partial charge in [0.1, 0.15) is 11.8 Å². The number of hydrogen-bond acceptors (Lipinski definition) is 3. The second-order valence-electron chi connectivity index (χ2n) is 5.34. The van der Waals surface area contributed by atoms with Gasteiger partial charge in [0.2, 0.25) is 0 Å². The van der Waals surface area contributed by atoms with Gasteiger partial charge in [-0.2, -0.15) is 5.10 Å². The van der Waals surface area contributed by atoms with Gasteiger partial charge in [0.05, 0.1) is 13.3 Å². The summed E-state index contributed by atoms with van der Waals surface area (Å²) in [6.07, 6.45) is 0.919. The smallest absolute Gasteiger partial charge is 0.163 e. The Labute approximate surface area is 120 Å². The molecule has 0 fully saturated rings. The first kappa shape index (κ1) is 14.6. The second-order valence-corrected chi connectivity index (χ2v) is 5.34. The zero-order chi connectivity index (χ0) is 14.9. The van der Waals surface area contributed by atoms with Crippen molar-refractivity contribution in [2.45, 2.75) is 39.8 Å². The molecule has 20 heavy (non-hydrogen) atoms. The Morgan fingerprint density at radius 3 is 2.30 bits per heavy atom. The first-order chi connectivity index (χ1) is 9.47. The minimum atomic E-state index is -0.740. The number of rotatable bonds is 4. The molecule has 0 radical (unpaired) electrons. The fourth-order valence-electron chi connectivity index (χ4n) is 2.58. The molecule has 0 aliphatic heterocycles. The van der Waals surface area contributed by atoms with Gasteiger partial charge in [-0.25, -0.2) is 0 Å². The number of benzene rings is 1. The zero-order valence-electron chi connectivity index (χ0n) is 12.7. The molecule has 1 aromatic heterocycles. The van der Waals surface area contributed by atoms with E-state index in [1.165, 1.54) is 0 Å². The van der Waals surface area contributed by atoms with Crippen LogP contribution in [0.5, 0.6) is 5.75 Å². The molecule has 0 aliphatic rings. The van der Waals surface area contributed by atoms with E-state index in [-0.39, 0.29) is 6.04 Å². The standard InChI is InChI=1S/C16H22N2O2/c1-10(2)18-15(13(20-5)9-17-18)16(19)14-11(3)7-6-8-12(14)4/h6-10,16,19H,1-5H3. The Bertz CT molecular complexity index is 582. The largest absolute Gasteiger partial charge is 0.493 e. The summed E-state index contributed by atoms with van der Waals surface area (Å²) < 4.78 is 7.17. The van der Waals surface area contributed by atoms with Gasteiger partial charge in [0.15, 0.2) is 5.75 Å². The molecule has 2 aromatic rings. The van der Waals surface area contributed by atoms with Crippen molar-refractivity contribution in [2.24, 2.45) is 0 Å². The Morgan fingerprint density at radius 2 is 1.80 bits per heavy atom. The van der Waals surface area contributed by atoms with Crippen LogP contribution in [0, 0.1) is 13.8 Å². The number of aromatic nitrogens is 2. The van der Waals surface area contributed by atoms with Crippen LogP contribution in [0.2, 0.25) is 0 Å². The molecule has 1 heterocycles. The van der Waals surface area contributed by atoms with E-state index in [0.29, 0.717) is 11.4 Å². The molecule has 0 amide bonds. The highest BCUT2D eigenvalue weighted by Gasteiger charge is 2.25. The molecule has 4 nitrogen and oxygen atoms in total. The highest BCUT2D eigenvalue weighted by atomic mass is 16.5. The van der Waals surface area contributed by atoms with E-state index in [1.807, 2.05) is 50.6 Å². The number of aliphatic hydroxyl groups excluding tert-OH is 1. The lowest BCUT2D eigenvalue weighted by molar-refractivity contribution is 0.198. The van der Waals surface area contributed by atoms with E-state index >= 15 is 0 Å². The van der Waals surface area contributed by atoms with Crippen LogP contribution in [0.15, 0.2) is 24.4 Å². The third-order valence-electron chi connectivity index (χ3n) is 3.58. The minimum absolute atomic E-state index is 0.160. The maximum atomic E-state index is 10.8. The van der Waals surface area contributed by atoms with Gasteiger partial charge < -0.3 is 9.84 Å². The summed E-state index contributed by atoms with van der Waals surface area (Å²) >= 11 is 0. The van der Waals surface area contributed by atoms with E-state index in [4.69, 9.17) is 4.74 Å². The van der Waals surface area contributed by atoms with Crippen molar-refractivity contribution in [1.29, 1.82) is 0 Å². The summed E-state index contributed by atoms with van der Waals surface area (Å²) in [6, 6.07) is 6.17. The maximum absolute atomic E-state index is 10.8. The van der Waals surface area contributed by atoms with Crippen LogP contribution in [0.3, 0.4) is 0 Å². The lowest BCUT2D eigenvalue weighted by Crippen LogP contribution is -2.14. The predicted octanol–water partition coefficient (Wildman–Crippen LogP) is 3.17. The SMILES string of the molecule is COc1cnn(C(C)C)c1C(O)c1c(C)cccc1C. The predicted molar refractivity (Wildman–Crippen MR) is 79.1 cm³/mol. The van der Waals surface area contributed by atoms with E-state index in [0.717, 1.165) is 16.7 Å². The molecule has 1 aromatic carbocycles. The van der Waals surface area contributed by atoms with Crippen LogP contribution in [-0.4, -0.2) is 22.0 Å². The fraction of sp³-hybridized carbons (Fsp3) is 0.438. The molecule has 1 N–H and O–H groups in total. The highest BCUT2D eigenvalue weighted by molar-refractivity contribution is 5.42. The van der Waals surface area contributed by atoms with E-state index in [1.54, 1.807) is 13.3 Å².